The van der Waals surface area contributed by atoms with E-state index in [4.69, 9.17) is 4.74 Å². The summed E-state index contributed by atoms with van der Waals surface area (Å²) < 4.78 is 4.74. The van der Waals surface area contributed by atoms with Gasteiger partial charge >= 0.3 is 5.97 Å². The Morgan fingerprint density at radius 2 is 1.77 bits per heavy atom. The molecule has 2 aromatic carbocycles. The standard InChI is InChI=1S/C20H20N4O2/c1-14(15-7-4-3-5-8-15)23-18-12-19(22-13-21-18)24-17-10-6-9-16(11-17)20(25)26-2/h3-14H,1-2H3,(H2,21,22,23,24). The van der Waals surface area contributed by atoms with E-state index in [-0.39, 0.29) is 12.0 Å². The lowest BCUT2D eigenvalue weighted by Gasteiger charge is -2.15. The highest BCUT2D eigenvalue weighted by atomic mass is 16.5. The molecule has 0 spiro atoms. The third-order valence-electron chi connectivity index (χ3n) is 3.89. The van der Waals surface area contributed by atoms with Crippen LogP contribution in [0.15, 0.2) is 67.0 Å². The van der Waals surface area contributed by atoms with Crippen LogP contribution in [-0.4, -0.2) is 23.0 Å². The zero-order chi connectivity index (χ0) is 18.4. The van der Waals surface area contributed by atoms with Crippen LogP contribution in [0.25, 0.3) is 0 Å². The molecule has 1 heterocycles. The minimum atomic E-state index is -0.379. The topological polar surface area (TPSA) is 76.1 Å². The van der Waals surface area contributed by atoms with Crippen LogP contribution in [0.3, 0.4) is 0 Å². The van der Waals surface area contributed by atoms with Crippen LogP contribution in [0, 0.1) is 0 Å². The Bertz CT molecular complexity index is 884. The molecule has 0 aliphatic rings. The van der Waals surface area contributed by atoms with Crippen molar-refractivity contribution in [3.63, 3.8) is 0 Å². The number of rotatable bonds is 6. The van der Waals surface area contributed by atoms with Crippen LogP contribution in [0.4, 0.5) is 17.3 Å². The third-order valence-corrected chi connectivity index (χ3v) is 3.89. The molecule has 0 radical (unpaired) electrons. The SMILES string of the molecule is COC(=O)c1cccc(Nc2cc(NC(C)c3ccccc3)ncn2)c1. The van der Waals surface area contributed by atoms with Crippen molar-refractivity contribution in [3.05, 3.63) is 78.1 Å². The number of hydrogen-bond donors (Lipinski definition) is 2. The molecular weight excluding hydrogens is 328 g/mol. The molecule has 3 rings (SSSR count). The number of carbonyl (C=O) groups excluding carboxylic acids is 1. The van der Waals surface area contributed by atoms with Crippen LogP contribution in [0.1, 0.15) is 28.9 Å². The van der Waals surface area contributed by atoms with Crippen molar-refractivity contribution in [2.24, 2.45) is 0 Å². The fourth-order valence-electron chi connectivity index (χ4n) is 2.54. The molecule has 0 aliphatic carbocycles. The van der Waals surface area contributed by atoms with Crippen LogP contribution in [-0.2, 0) is 4.74 Å². The van der Waals surface area contributed by atoms with Crippen molar-refractivity contribution in [1.29, 1.82) is 0 Å². The van der Waals surface area contributed by atoms with E-state index in [2.05, 4.69) is 39.7 Å². The van der Waals surface area contributed by atoms with Gasteiger partial charge in [-0.2, -0.15) is 0 Å². The molecule has 1 unspecified atom stereocenters. The number of nitrogens with one attached hydrogen (secondary N) is 2. The zero-order valence-corrected chi connectivity index (χ0v) is 14.6. The molecule has 26 heavy (non-hydrogen) atoms. The van der Waals surface area contributed by atoms with Gasteiger partial charge < -0.3 is 15.4 Å². The summed E-state index contributed by atoms with van der Waals surface area (Å²) in [7, 11) is 1.36. The average molecular weight is 348 g/mol. The molecule has 6 heteroatoms. The van der Waals surface area contributed by atoms with Crippen molar-refractivity contribution in [2.75, 3.05) is 17.7 Å². The highest BCUT2D eigenvalue weighted by Gasteiger charge is 2.08. The molecule has 1 atom stereocenters. The number of anilines is 3. The molecule has 0 saturated carbocycles. The van der Waals surface area contributed by atoms with Crippen LogP contribution in [0.5, 0.6) is 0 Å². The second kappa shape index (κ2) is 8.11. The molecule has 1 aromatic heterocycles. The van der Waals surface area contributed by atoms with Gasteiger partial charge in [0, 0.05) is 17.8 Å². The number of carbonyl (C=O) groups is 1. The number of benzene rings is 2. The molecule has 2 N–H and O–H groups in total. The second-order valence-corrected chi connectivity index (χ2v) is 5.76. The summed E-state index contributed by atoms with van der Waals surface area (Å²) in [6.07, 6.45) is 1.49. The van der Waals surface area contributed by atoms with Gasteiger partial charge in [-0.1, -0.05) is 36.4 Å². The van der Waals surface area contributed by atoms with Crippen LogP contribution < -0.4 is 10.6 Å². The smallest absolute Gasteiger partial charge is 0.337 e. The number of hydrogen-bond acceptors (Lipinski definition) is 6. The lowest BCUT2D eigenvalue weighted by Crippen LogP contribution is -2.08. The van der Waals surface area contributed by atoms with Crippen molar-refractivity contribution in [1.82, 2.24) is 9.97 Å². The van der Waals surface area contributed by atoms with Gasteiger partial charge in [0.05, 0.1) is 12.7 Å². The highest BCUT2D eigenvalue weighted by molar-refractivity contribution is 5.90. The summed E-state index contributed by atoms with van der Waals surface area (Å²) in [4.78, 5) is 20.1. The molecule has 132 valence electrons. The number of esters is 1. The average Bonchev–Trinajstić information content (AvgIpc) is 2.68. The Balaban J connectivity index is 1.72. The molecule has 6 nitrogen and oxygen atoms in total. The van der Waals surface area contributed by atoms with Gasteiger partial charge in [-0.15, -0.1) is 0 Å². The molecule has 0 bridgehead atoms. The first-order chi connectivity index (χ1) is 12.7. The number of aromatic nitrogens is 2. The monoisotopic (exact) mass is 348 g/mol. The van der Waals surface area contributed by atoms with Gasteiger partial charge in [0.2, 0.25) is 0 Å². The largest absolute Gasteiger partial charge is 0.465 e. The molecule has 0 fully saturated rings. The lowest BCUT2D eigenvalue weighted by molar-refractivity contribution is 0.0601. The second-order valence-electron chi connectivity index (χ2n) is 5.76. The summed E-state index contributed by atoms with van der Waals surface area (Å²) >= 11 is 0. The third kappa shape index (κ3) is 4.36. The molecule has 3 aromatic rings. The summed E-state index contributed by atoms with van der Waals surface area (Å²) in [5, 5.41) is 6.54. The fourth-order valence-corrected chi connectivity index (χ4v) is 2.54. The van der Waals surface area contributed by atoms with E-state index < -0.39 is 0 Å². The Morgan fingerprint density at radius 3 is 2.54 bits per heavy atom. The van der Waals surface area contributed by atoms with Gasteiger partial charge in [-0.25, -0.2) is 14.8 Å². The Labute approximate surface area is 152 Å². The maximum Gasteiger partial charge on any atom is 0.337 e. The van der Waals surface area contributed by atoms with Crippen molar-refractivity contribution in [3.8, 4) is 0 Å². The van der Waals surface area contributed by atoms with E-state index in [0.717, 1.165) is 5.69 Å². The lowest BCUT2D eigenvalue weighted by atomic mass is 10.1. The molecule has 0 aliphatic heterocycles. The van der Waals surface area contributed by atoms with Crippen molar-refractivity contribution < 1.29 is 9.53 Å². The first-order valence-corrected chi connectivity index (χ1v) is 8.24. The minimum Gasteiger partial charge on any atom is -0.465 e. The number of ether oxygens (including phenoxy) is 1. The maximum absolute atomic E-state index is 11.6. The van der Waals surface area contributed by atoms with E-state index >= 15 is 0 Å². The van der Waals surface area contributed by atoms with E-state index in [0.29, 0.717) is 17.2 Å². The predicted molar refractivity (Wildman–Crippen MR) is 102 cm³/mol. The molecule has 0 saturated heterocycles. The molecule has 0 amide bonds. The van der Waals surface area contributed by atoms with Gasteiger partial charge in [-0.05, 0) is 30.7 Å². The number of nitrogens with zero attached hydrogens (tertiary/aromatic N) is 2. The summed E-state index contributed by atoms with van der Waals surface area (Å²) in [5.41, 5.74) is 2.39. The van der Waals surface area contributed by atoms with Crippen LogP contribution >= 0.6 is 0 Å². The van der Waals surface area contributed by atoms with Crippen molar-refractivity contribution in [2.45, 2.75) is 13.0 Å². The van der Waals surface area contributed by atoms with Gasteiger partial charge in [0.15, 0.2) is 0 Å². The Kier molecular flexibility index (Phi) is 5.43. The zero-order valence-electron chi connectivity index (χ0n) is 14.6. The predicted octanol–water partition coefficient (Wildman–Crippen LogP) is 4.18. The Hall–Kier alpha value is -3.41. The normalized spacial score (nSPS) is 11.5. The van der Waals surface area contributed by atoms with E-state index in [1.807, 2.05) is 30.3 Å². The number of methoxy groups -OCH3 is 1. The molecular formula is C20H20N4O2. The minimum absolute atomic E-state index is 0.113. The summed E-state index contributed by atoms with van der Waals surface area (Å²) in [5.74, 6) is 0.961. The van der Waals surface area contributed by atoms with Crippen molar-refractivity contribution >= 4 is 23.3 Å². The first kappa shape index (κ1) is 17.4. The first-order valence-electron chi connectivity index (χ1n) is 8.24. The fraction of sp³-hybridized carbons (Fsp3) is 0.150. The van der Waals surface area contributed by atoms with Gasteiger partial charge in [-0.3, -0.25) is 0 Å². The summed E-state index contributed by atoms with van der Waals surface area (Å²) in [6.45, 7) is 2.07. The summed E-state index contributed by atoms with van der Waals surface area (Å²) in [6, 6.07) is 19.1. The van der Waals surface area contributed by atoms with Gasteiger partial charge in [0.1, 0.15) is 18.0 Å². The quantitative estimate of drug-likeness (QED) is 0.651. The van der Waals surface area contributed by atoms with E-state index in [1.165, 1.54) is 19.0 Å². The Morgan fingerprint density at radius 1 is 1.00 bits per heavy atom. The van der Waals surface area contributed by atoms with Gasteiger partial charge in [0.25, 0.3) is 0 Å². The highest BCUT2D eigenvalue weighted by Crippen LogP contribution is 2.21. The van der Waals surface area contributed by atoms with E-state index in [1.54, 1.807) is 18.2 Å². The van der Waals surface area contributed by atoms with Crippen LogP contribution in [0.2, 0.25) is 0 Å². The van der Waals surface area contributed by atoms with E-state index in [9.17, 15) is 4.79 Å². The maximum atomic E-state index is 11.6.